The van der Waals surface area contributed by atoms with Gasteiger partial charge in [0.15, 0.2) is 5.78 Å². The van der Waals surface area contributed by atoms with Crippen molar-refractivity contribution < 1.29 is 9.90 Å². The highest BCUT2D eigenvalue weighted by Crippen LogP contribution is 2.08. The SMILES string of the molecule is O=C(c1ccccc1)c1ccccc1.OCc1ccccc1. The number of hydrogen-bond donors (Lipinski definition) is 1. The second-order valence-corrected chi connectivity index (χ2v) is 4.70. The van der Waals surface area contributed by atoms with Gasteiger partial charge in [-0.15, -0.1) is 0 Å². The molecule has 0 heterocycles. The first-order valence-corrected chi connectivity index (χ1v) is 7.11. The van der Waals surface area contributed by atoms with Gasteiger partial charge < -0.3 is 5.11 Å². The van der Waals surface area contributed by atoms with Crippen molar-refractivity contribution in [1.29, 1.82) is 0 Å². The number of aliphatic hydroxyl groups excluding tert-OH is 1. The molecule has 2 nitrogen and oxygen atoms in total. The fraction of sp³-hybridized carbons (Fsp3) is 0.0500. The molecule has 0 saturated heterocycles. The van der Waals surface area contributed by atoms with Gasteiger partial charge in [0, 0.05) is 11.1 Å². The van der Waals surface area contributed by atoms with Crippen molar-refractivity contribution in [1.82, 2.24) is 0 Å². The standard InChI is InChI=1S/C13H10O.C7H8O/c14-13(11-7-3-1-4-8-11)12-9-5-2-6-10-12;8-6-7-4-2-1-3-5-7/h1-10H;1-5,8H,6H2. The molecule has 0 radical (unpaired) electrons. The summed E-state index contributed by atoms with van der Waals surface area (Å²) in [6, 6.07) is 28.1. The van der Waals surface area contributed by atoms with E-state index in [9.17, 15) is 4.79 Å². The minimum Gasteiger partial charge on any atom is -0.392 e. The van der Waals surface area contributed by atoms with Gasteiger partial charge in [0.25, 0.3) is 0 Å². The maximum absolute atomic E-state index is 11.8. The molecule has 3 aromatic carbocycles. The fourth-order valence-corrected chi connectivity index (χ4v) is 1.93. The molecule has 0 bridgehead atoms. The zero-order chi connectivity index (χ0) is 15.6. The first-order chi connectivity index (χ1) is 10.8. The number of benzene rings is 3. The van der Waals surface area contributed by atoms with Crippen molar-refractivity contribution in [2.45, 2.75) is 6.61 Å². The van der Waals surface area contributed by atoms with E-state index in [2.05, 4.69) is 0 Å². The Bertz CT molecular complexity index is 635. The molecule has 0 unspecified atom stereocenters. The highest BCUT2D eigenvalue weighted by molar-refractivity contribution is 6.08. The van der Waals surface area contributed by atoms with Gasteiger partial charge in [-0.3, -0.25) is 4.79 Å². The van der Waals surface area contributed by atoms with E-state index in [-0.39, 0.29) is 12.4 Å². The van der Waals surface area contributed by atoms with Crippen molar-refractivity contribution in [3.05, 3.63) is 108 Å². The van der Waals surface area contributed by atoms with Crippen LogP contribution in [-0.4, -0.2) is 10.9 Å². The summed E-state index contributed by atoms with van der Waals surface area (Å²) in [6.45, 7) is 0.140. The molecule has 3 rings (SSSR count). The summed E-state index contributed by atoms with van der Waals surface area (Å²) >= 11 is 0. The fourth-order valence-electron chi connectivity index (χ4n) is 1.93. The summed E-state index contributed by atoms with van der Waals surface area (Å²) in [6.07, 6.45) is 0. The largest absolute Gasteiger partial charge is 0.392 e. The Labute approximate surface area is 130 Å². The van der Waals surface area contributed by atoms with E-state index >= 15 is 0 Å². The van der Waals surface area contributed by atoms with Crippen LogP contribution in [0.2, 0.25) is 0 Å². The van der Waals surface area contributed by atoms with Crippen LogP contribution in [-0.2, 0) is 6.61 Å². The Kier molecular flexibility index (Phi) is 6.09. The predicted molar refractivity (Wildman–Crippen MR) is 88.7 cm³/mol. The normalized spacial score (nSPS) is 9.50. The summed E-state index contributed by atoms with van der Waals surface area (Å²) in [5, 5.41) is 8.54. The molecule has 110 valence electrons. The molecule has 0 atom stereocenters. The lowest BCUT2D eigenvalue weighted by molar-refractivity contribution is 0.103. The van der Waals surface area contributed by atoms with Crippen LogP contribution in [0.3, 0.4) is 0 Å². The van der Waals surface area contributed by atoms with Crippen molar-refractivity contribution in [2.24, 2.45) is 0 Å². The first-order valence-electron chi connectivity index (χ1n) is 7.11. The average molecular weight is 290 g/mol. The Morgan fingerprint density at radius 1 is 0.636 bits per heavy atom. The molecule has 0 amide bonds. The van der Waals surface area contributed by atoms with E-state index in [1.54, 1.807) is 0 Å². The molecule has 0 fully saturated rings. The first kappa shape index (κ1) is 15.7. The zero-order valence-corrected chi connectivity index (χ0v) is 12.2. The van der Waals surface area contributed by atoms with Crippen LogP contribution in [0.4, 0.5) is 0 Å². The summed E-state index contributed by atoms with van der Waals surface area (Å²) in [7, 11) is 0. The average Bonchev–Trinajstić information content (AvgIpc) is 2.64. The molecule has 1 N–H and O–H groups in total. The van der Waals surface area contributed by atoms with E-state index in [0.717, 1.165) is 16.7 Å². The van der Waals surface area contributed by atoms with Crippen LogP contribution < -0.4 is 0 Å². The minimum absolute atomic E-state index is 0.0752. The lowest BCUT2D eigenvalue weighted by Crippen LogP contribution is -1.99. The van der Waals surface area contributed by atoms with Gasteiger partial charge >= 0.3 is 0 Å². The lowest BCUT2D eigenvalue weighted by Gasteiger charge is -1.99. The van der Waals surface area contributed by atoms with Crippen molar-refractivity contribution in [3.8, 4) is 0 Å². The Morgan fingerprint density at radius 2 is 1.00 bits per heavy atom. The van der Waals surface area contributed by atoms with Crippen molar-refractivity contribution in [2.75, 3.05) is 0 Å². The van der Waals surface area contributed by atoms with Crippen LogP contribution in [0.15, 0.2) is 91.0 Å². The van der Waals surface area contributed by atoms with Crippen LogP contribution in [0.25, 0.3) is 0 Å². The third kappa shape index (κ3) is 4.69. The molecule has 0 aliphatic heterocycles. The summed E-state index contributed by atoms with van der Waals surface area (Å²) in [5.74, 6) is 0.0752. The van der Waals surface area contributed by atoms with E-state index in [1.165, 1.54) is 0 Å². The number of carbonyl (C=O) groups is 1. The van der Waals surface area contributed by atoms with Crippen LogP contribution in [0.1, 0.15) is 21.5 Å². The Morgan fingerprint density at radius 3 is 1.32 bits per heavy atom. The van der Waals surface area contributed by atoms with Gasteiger partial charge in [0.1, 0.15) is 0 Å². The number of ketones is 1. The van der Waals surface area contributed by atoms with Gasteiger partial charge in [-0.1, -0.05) is 91.0 Å². The highest BCUT2D eigenvalue weighted by atomic mass is 16.3. The Hall–Kier alpha value is -2.71. The molecule has 3 aromatic rings. The molecule has 0 aliphatic rings. The van der Waals surface area contributed by atoms with Crippen LogP contribution in [0, 0.1) is 0 Å². The summed E-state index contributed by atoms with van der Waals surface area (Å²) in [4.78, 5) is 11.8. The summed E-state index contributed by atoms with van der Waals surface area (Å²) < 4.78 is 0. The molecule has 2 heteroatoms. The van der Waals surface area contributed by atoms with Gasteiger partial charge in [-0.2, -0.15) is 0 Å². The summed E-state index contributed by atoms with van der Waals surface area (Å²) in [5.41, 5.74) is 2.44. The lowest BCUT2D eigenvalue weighted by atomic mass is 10.0. The highest BCUT2D eigenvalue weighted by Gasteiger charge is 2.06. The van der Waals surface area contributed by atoms with Gasteiger partial charge in [-0.05, 0) is 5.56 Å². The maximum Gasteiger partial charge on any atom is 0.193 e. The van der Waals surface area contributed by atoms with E-state index < -0.39 is 0 Å². The third-order valence-electron chi connectivity index (χ3n) is 3.10. The predicted octanol–water partition coefficient (Wildman–Crippen LogP) is 4.10. The van der Waals surface area contributed by atoms with E-state index in [0.29, 0.717) is 0 Å². The maximum atomic E-state index is 11.8. The van der Waals surface area contributed by atoms with Gasteiger partial charge in [-0.25, -0.2) is 0 Å². The second kappa shape index (κ2) is 8.55. The van der Waals surface area contributed by atoms with Crippen LogP contribution >= 0.6 is 0 Å². The number of hydrogen-bond acceptors (Lipinski definition) is 2. The van der Waals surface area contributed by atoms with Crippen LogP contribution in [0.5, 0.6) is 0 Å². The second-order valence-electron chi connectivity index (χ2n) is 4.70. The quantitative estimate of drug-likeness (QED) is 0.737. The topological polar surface area (TPSA) is 37.3 Å². The molecule has 0 saturated carbocycles. The van der Waals surface area contributed by atoms with Crippen molar-refractivity contribution in [3.63, 3.8) is 0 Å². The molecule has 0 aliphatic carbocycles. The van der Waals surface area contributed by atoms with Gasteiger partial charge in [0.2, 0.25) is 0 Å². The third-order valence-corrected chi connectivity index (χ3v) is 3.10. The molecular formula is C20H18O2. The van der Waals surface area contributed by atoms with E-state index in [4.69, 9.17) is 5.11 Å². The molecule has 0 aromatic heterocycles. The minimum atomic E-state index is 0.0752. The molecule has 22 heavy (non-hydrogen) atoms. The van der Waals surface area contributed by atoms with Gasteiger partial charge in [0.05, 0.1) is 6.61 Å². The zero-order valence-electron chi connectivity index (χ0n) is 12.2. The Balaban J connectivity index is 0.000000188. The smallest absolute Gasteiger partial charge is 0.193 e. The molecular weight excluding hydrogens is 272 g/mol. The number of carbonyl (C=O) groups excluding carboxylic acids is 1. The molecule has 0 spiro atoms. The monoisotopic (exact) mass is 290 g/mol. The van der Waals surface area contributed by atoms with Crippen molar-refractivity contribution >= 4 is 5.78 Å². The van der Waals surface area contributed by atoms with E-state index in [1.807, 2.05) is 91.0 Å². The number of rotatable bonds is 3. The number of aliphatic hydroxyl groups is 1.